The van der Waals surface area contributed by atoms with E-state index in [1.807, 2.05) is 37.3 Å². The van der Waals surface area contributed by atoms with Gasteiger partial charge >= 0.3 is 0 Å². The van der Waals surface area contributed by atoms with E-state index < -0.39 is 0 Å². The number of rotatable bonds is 6. The second-order valence-electron chi connectivity index (χ2n) is 8.24. The maximum absolute atomic E-state index is 13.1. The van der Waals surface area contributed by atoms with E-state index in [2.05, 4.69) is 15.3 Å². The first kappa shape index (κ1) is 23.3. The van der Waals surface area contributed by atoms with E-state index in [1.54, 1.807) is 29.3 Å². The summed E-state index contributed by atoms with van der Waals surface area (Å²) in [5.74, 6) is 0.245. The number of aromatic amines is 1. The molecule has 6 nitrogen and oxygen atoms in total. The van der Waals surface area contributed by atoms with E-state index in [-0.39, 0.29) is 23.8 Å². The molecule has 2 heterocycles. The zero-order chi connectivity index (χ0) is 23.4. The Kier molecular flexibility index (Phi) is 7.36. The fourth-order valence-electron chi connectivity index (χ4n) is 4.12. The van der Waals surface area contributed by atoms with Gasteiger partial charge in [0.2, 0.25) is 5.91 Å². The van der Waals surface area contributed by atoms with Gasteiger partial charge in [0.15, 0.2) is 0 Å². The van der Waals surface area contributed by atoms with Crippen LogP contribution in [0.5, 0.6) is 0 Å². The molecule has 172 valence electrons. The lowest BCUT2D eigenvalue weighted by Crippen LogP contribution is -2.46. The number of amides is 2. The molecule has 1 saturated heterocycles. The third-order valence-electron chi connectivity index (χ3n) is 5.98. The first-order chi connectivity index (χ1) is 16.0. The van der Waals surface area contributed by atoms with Gasteiger partial charge in [-0.05, 0) is 43.0 Å². The molecule has 1 aliphatic heterocycles. The zero-order valence-corrected chi connectivity index (χ0v) is 19.9. The molecule has 8 heteroatoms. The molecule has 0 aliphatic carbocycles. The van der Waals surface area contributed by atoms with Crippen LogP contribution in [0.1, 0.15) is 48.4 Å². The van der Waals surface area contributed by atoms with Crippen molar-refractivity contribution in [1.29, 1.82) is 0 Å². The number of hydrogen-bond acceptors (Lipinski definition) is 3. The van der Waals surface area contributed by atoms with Gasteiger partial charge in [0.05, 0.1) is 33.9 Å². The Balaban J connectivity index is 1.41. The van der Waals surface area contributed by atoms with Gasteiger partial charge in [0.25, 0.3) is 5.91 Å². The molecule has 0 spiro atoms. The average molecular weight is 485 g/mol. The van der Waals surface area contributed by atoms with Gasteiger partial charge < -0.3 is 15.2 Å². The molecule has 1 fully saturated rings. The highest BCUT2D eigenvalue weighted by atomic mass is 35.5. The van der Waals surface area contributed by atoms with E-state index in [9.17, 15) is 9.59 Å². The van der Waals surface area contributed by atoms with Crippen LogP contribution >= 0.6 is 23.2 Å². The molecule has 2 N–H and O–H groups in total. The summed E-state index contributed by atoms with van der Waals surface area (Å²) < 4.78 is 0. The predicted octanol–water partition coefficient (Wildman–Crippen LogP) is 5.50. The summed E-state index contributed by atoms with van der Waals surface area (Å²) in [7, 11) is 0. The van der Waals surface area contributed by atoms with Crippen molar-refractivity contribution < 1.29 is 9.59 Å². The molecule has 0 saturated carbocycles. The van der Waals surface area contributed by atoms with Crippen LogP contribution < -0.4 is 5.32 Å². The minimum absolute atomic E-state index is 0.0638. The third-order valence-corrected chi connectivity index (χ3v) is 6.72. The van der Waals surface area contributed by atoms with Gasteiger partial charge in [-0.2, -0.15) is 0 Å². The normalized spacial score (nSPS) is 16.9. The number of piperidine rings is 1. The lowest BCUT2D eigenvalue weighted by molar-refractivity contribution is -0.127. The Morgan fingerprint density at radius 3 is 2.70 bits per heavy atom. The van der Waals surface area contributed by atoms with Gasteiger partial charge in [0, 0.05) is 18.7 Å². The van der Waals surface area contributed by atoms with Crippen LogP contribution in [-0.2, 0) is 4.79 Å². The van der Waals surface area contributed by atoms with Crippen LogP contribution in [-0.4, -0.2) is 39.8 Å². The number of imidazole rings is 1. The second kappa shape index (κ2) is 10.4. The van der Waals surface area contributed by atoms with Gasteiger partial charge in [-0.1, -0.05) is 60.5 Å². The first-order valence-corrected chi connectivity index (χ1v) is 11.9. The van der Waals surface area contributed by atoms with Crippen molar-refractivity contribution in [1.82, 2.24) is 20.2 Å². The zero-order valence-electron chi connectivity index (χ0n) is 18.4. The van der Waals surface area contributed by atoms with Crippen molar-refractivity contribution in [3.05, 3.63) is 76.2 Å². The Hall–Kier alpha value is -2.83. The highest BCUT2D eigenvalue weighted by molar-refractivity contribution is 6.42. The highest BCUT2D eigenvalue weighted by Crippen LogP contribution is 2.26. The quantitative estimate of drug-likeness (QED) is 0.484. The maximum atomic E-state index is 13.1. The van der Waals surface area contributed by atoms with Crippen molar-refractivity contribution >= 4 is 35.0 Å². The number of halogens is 2. The SMILES string of the molecule is CCC(NC(=O)C1CCCN(C(=O)c2ccc(Cl)c(Cl)c2)C1)c1ncc(-c2ccccc2)[nH]1. The van der Waals surface area contributed by atoms with E-state index in [1.165, 1.54) is 0 Å². The van der Waals surface area contributed by atoms with E-state index >= 15 is 0 Å². The monoisotopic (exact) mass is 484 g/mol. The van der Waals surface area contributed by atoms with Crippen LogP contribution in [0, 0.1) is 5.92 Å². The first-order valence-electron chi connectivity index (χ1n) is 11.1. The summed E-state index contributed by atoms with van der Waals surface area (Å²) in [6.07, 6.45) is 3.99. The summed E-state index contributed by atoms with van der Waals surface area (Å²) in [5, 5.41) is 3.87. The number of aromatic nitrogens is 2. The Labute approximate surface area is 203 Å². The molecule has 3 aromatic rings. The van der Waals surface area contributed by atoms with Gasteiger partial charge in [-0.15, -0.1) is 0 Å². The Morgan fingerprint density at radius 2 is 1.97 bits per heavy atom. The molecule has 4 rings (SSSR count). The second-order valence-corrected chi connectivity index (χ2v) is 9.05. The van der Waals surface area contributed by atoms with E-state index in [4.69, 9.17) is 23.2 Å². The van der Waals surface area contributed by atoms with Crippen molar-refractivity contribution in [3.63, 3.8) is 0 Å². The summed E-state index contributed by atoms with van der Waals surface area (Å²) in [5.41, 5.74) is 2.43. The Morgan fingerprint density at radius 1 is 1.18 bits per heavy atom. The largest absolute Gasteiger partial charge is 0.346 e. The van der Waals surface area contributed by atoms with Crippen LogP contribution in [0.2, 0.25) is 10.0 Å². The molecule has 2 amide bonds. The molecule has 2 unspecified atom stereocenters. The fourth-order valence-corrected chi connectivity index (χ4v) is 4.42. The maximum Gasteiger partial charge on any atom is 0.253 e. The highest BCUT2D eigenvalue weighted by Gasteiger charge is 2.30. The van der Waals surface area contributed by atoms with E-state index in [0.29, 0.717) is 35.1 Å². The number of nitrogens with zero attached hydrogens (tertiary/aromatic N) is 2. The van der Waals surface area contributed by atoms with Crippen LogP contribution in [0.3, 0.4) is 0 Å². The molecular weight excluding hydrogens is 459 g/mol. The summed E-state index contributed by atoms with van der Waals surface area (Å²) in [6, 6.07) is 14.6. The van der Waals surface area contributed by atoms with Gasteiger partial charge in [0.1, 0.15) is 5.82 Å². The number of carbonyl (C=O) groups excluding carboxylic acids is 2. The fraction of sp³-hybridized carbons (Fsp3) is 0.320. The lowest BCUT2D eigenvalue weighted by atomic mass is 9.96. The molecule has 0 radical (unpaired) electrons. The average Bonchev–Trinajstić information content (AvgIpc) is 3.34. The number of hydrogen-bond donors (Lipinski definition) is 2. The lowest BCUT2D eigenvalue weighted by Gasteiger charge is -2.33. The molecule has 1 aromatic heterocycles. The Bertz CT molecular complexity index is 1130. The molecular formula is C25H26Cl2N4O2. The number of carbonyl (C=O) groups is 2. The van der Waals surface area contributed by atoms with E-state index in [0.717, 1.165) is 29.9 Å². The summed E-state index contributed by atoms with van der Waals surface area (Å²) in [6.45, 7) is 2.99. The standard InChI is InChI=1S/C25H26Cl2N4O2/c1-2-21(23-28-14-22(29-23)16-7-4-3-5-8-16)30-24(32)18-9-6-12-31(15-18)25(33)17-10-11-19(26)20(27)13-17/h3-5,7-8,10-11,13-14,18,21H,2,6,9,12,15H2,1H3,(H,28,29)(H,30,32). The van der Waals surface area contributed by atoms with Crippen molar-refractivity contribution in [2.75, 3.05) is 13.1 Å². The number of nitrogens with one attached hydrogen (secondary N) is 2. The minimum atomic E-state index is -0.275. The van der Waals surface area contributed by atoms with Crippen molar-refractivity contribution in [3.8, 4) is 11.3 Å². The van der Waals surface area contributed by atoms with Crippen LogP contribution in [0.25, 0.3) is 11.3 Å². The van der Waals surface area contributed by atoms with Gasteiger partial charge in [-0.25, -0.2) is 4.98 Å². The topological polar surface area (TPSA) is 78.1 Å². The molecule has 2 aromatic carbocycles. The number of likely N-dealkylation sites (tertiary alicyclic amines) is 1. The smallest absolute Gasteiger partial charge is 0.253 e. The van der Waals surface area contributed by atoms with Crippen LogP contribution in [0.15, 0.2) is 54.7 Å². The predicted molar refractivity (Wildman–Crippen MR) is 130 cm³/mol. The number of H-pyrrole nitrogens is 1. The summed E-state index contributed by atoms with van der Waals surface area (Å²) in [4.78, 5) is 35.6. The molecule has 1 aliphatic rings. The third kappa shape index (κ3) is 5.40. The minimum Gasteiger partial charge on any atom is -0.346 e. The van der Waals surface area contributed by atoms with Crippen molar-refractivity contribution in [2.24, 2.45) is 5.92 Å². The van der Waals surface area contributed by atoms with Crippen LogP contribution in [0.4, 0.5) is 0 Å². The molecule has 33 heavy (non-hydrogen) atoms. The van der Waals surface area contributed by atoms with Crippen molar-refractivity contribution in [2.45, 2.75) is 32.2 Å². The number of benzene rings is 2. The molecule has 2 atom stereocenters. The summed E-state index contributed by atoms with van der Waals surface area (Å²) >= 11 is 12.0. The van der Waals surface area contributed by atoms with Gasteiger partial charge in [-0.3, -0.25) is 9.59 Å². The molecule has 0 bridgehead atoms.